The van der Waals surface area contributed by atoms with E-state index in [1.807, 2.05) is 0 Å². The summed E-state index contributed by atoms with van der Waals surface area (Å²) in [5.74, 6) is -1.24. The Kier molecular flexibility index (Phi) is 3.03. The van der Waals surface area contributed by atoms with Gasteiger partial charge in [-0.2, -0.15) is 0 Å². The van der Waals surface area contributed by atoms with E-state index in [0.717, 1.165) is 6.07 Å². The van der Waals surface area contributed by atoms with Crippen LogP contribution in [-0.4, -0.2) is 0 Å². The average Bonchev–Trinajstić information content (AvgIpc) is 2.31. The third-order valence-electron chi connectivity index (χ3n) is 2.27. The van der Waals surface area contributed by atoms with Crippen LogP contribution in [-0.2, 0) is 0 Å². The molecule has 0 aliphatic carbocycles. The molecule has 0 amide bonds. The molecule has 0 radical (unpaired) electrons. The molecule has 0 bridgehead atoms. The topological polar surface area (TPSA) is 48.8 Å². The van der Waals surface area contributed by atoms with Gasteiger partial charge in [0.05, 0.1) is 0 Å². The number of halogens is 2. The Hall–Kier alpha value is -2.39. The Balaban J connectivity index is 2.43. The van der Waals surface area contributed by atoms with E-state index < -0.39 is 11.6 Å². The van der Waals surface area contributed by atoms with Gasteiger partial charge in [0.25, 0.3) is 0 Å². The van der Waals surface area contributed by atoms with Crippen LogP contribution in [0.3, 0.4) is 0 Å². The van der Waals surface area contributed by atoms with E-state index in [1.54, 1.807) is 24.3 Å². The summed E-state index contributed by atoms with van der Waals surface area (Å²) >= 11 is 0. The second-order valence-corrected chi connectivity index (χ2v) is 3.36. The van der Waals surface area contributed by atoms with Crippen molar-refractivity contribution in [3.05, 3.63) is 64.5 Å². The van der Waals surface area contributed by atoms with Crippen molar-refractivity contribution in [1.82, 2.24) is 0 Å². The van der Waals surface area contributed by atoms with Gasteiger partial charge in [-0.15, -0.1) is 0 Å². The lowest BCUT2D eigenvalue weighted by Crippen LogP contribution is -1.85. The van der Waals surface area contributed by atoms with E-state index in [-0.39, 0.29) is 0 Å². The van der Waals surface area contributed by atoms with Gasteiger partial charge >= 0.3 is 0 Å². The Bertz CT molecular complexity index is 587. The van der Waals surface area contributed by atoms with E-state index in [1.165, 1.54) is 12.1 Å². The van der Waals surface area contributed by atoms with Gasteiger partial charge in [-0.25, -0.2) is 8.78 Å². The van der Waals surface area contributed by atoms with Crippen molar-refractivity contribution < 1.29 is 8.78 Å². The predicted octanol–water partition coefficient (Wildman–Crippen LogP) is 4.57. The second kappa shape index (κ2) is 4.63. The van der Waals surface area contributed by atoms with Crippen molar-refractivity contribution in [1.29, 1.82) is 0 Å². The van der Waals surface area contributed by atoms with Gasteiger partial charge in [-0.3, -0.25) is 0 Å². The number of benzene rings is 2. The van der Waals surface area contributed by atoms with Crippen molar-refractivity contribution >= 4 is 5.69 Å². The highest BCUT2D eigenvalue weighted by Crippen LogP contribution is 2.25. The number of nitrogens with zero attached hydrogens (tertiary/aromatic N) is 3. The van der Waals surface area contributed by atoms with Crippen molar-refractivity contribution in [3.8, 4) is 11.1 Å². The molecule has 2 rings (SSSR count). The maximum absolute atomic E-state index is 13.5. The number of rotatable bonds is 2. The molecule has 2 aromatic rings. The Labute approximate surface area is 96.0 Å². The summed E-state index contributed by atoms with van der Waals surface area (Å²) in [5, 5.41) is 3.40. The highest BCUT2D eigenvalue weighted by Gasteiger charge is 2.05. The smallest absolute Gasteiger partial charge is 0.133 e. The van der Waals surface area contributed by atoms with Crippen LogP contribution >= 0.6 is 0 Å². The maximum Gasteiger partial charge on any atom is 0.133 e. The van der Waals surface area contributed by atoms with Gasteiger partial charge < -0.3 is 0 Å². The molecule has 0 saturated carbocycles. The Morgan fingerprint density at radius 3 is 2.29 bits per heavy atom. The van der Waals surface area contributed by atoms with Crippen LogP contribution in [0.1, 0.15) is 0 Å². The Morgan fingerprint density at radius 1 is 1.00 bits per heavy atom. The van der Waals surface area contributed by atoms with Crippen LogP contribution in [0.4, 0.5) is 14.5 Å². The van der Waals surface area contributed by atoms with Crippen molar-refractivity contribution in [2.24, 2.45) is 5.11 Å². The first-order chi connectivity index (χ1) is 8.20. The van der Waals surface area contributed by atoms with Crippen LogP contribution in [0.5, 0.6) is 0 Å². The molecule has 0 unspecified atom stereocenters. The maximum atomic E-state index is 13.5. The average molecular weight is 231 g/mol. The highest BCUT2D eigenvalue weighted by molar-refractivity contribution is 5.65. The lowest BCUT2D eigenvalue weighted by atomic mass is 10.0. The summed E-state index contributed by atoms with van der Waals surface area (Å²) in [6.45, 7) is 0. The van der Waals surface area contributed by atoms with E-state index >= 15 is 0 Å². The molecule has 5 heteroatoms. The molecule has 0 fully saturated rings. The fourth-order valence-corrected chi connectivity index (χ4v) is 1.48. The molecule has 0 atom stereocenters. The number of hydrogen-bond donors (Lipinski definition) is 0. The minimum absolute atomic E-state index is 0.305. The molecule has 0 N–H and O–H groups in total. The predicted molar refractivity (Wildman–Crippen MR) is 60.6 cm³/mol. The summed E-state index contributed by atoms with van der Waals surface area (Å²) in [6.07, 6.45) is 0. The molecule has 0 aliphatic rings. The molecule has 3 nitrogen and oxygen atoms in total. The largest absolute Gasteiger partial charge is 0.207 e. The van der Waals surface area contributed by atoms with Crippen molar-refractivity contribution in [2.75, 3.05) is 0 Å². The molecule has 2 aromatic carbocycles. The fourth-order valence-electron chi connectivity index (χ4n) is 1.48. The first-order valence-corrected chi connectivity index (χ1v) is 4.81. The SMILES string of the molecule is [N-]=[N+]=Nc1ccc(-c2ccc(F)cc2F)cc1. The molecule has 84 valence electrons. The standard InChI is InChI=1S/C12H7F2N3/c13-9-3-6-11(12(14)7-9)8-1-4-10(5-2-8)16-17-15/h1-7H. The van der Waals surface area contributed by atoms with Gasteiger partial charge in [0.1, 0.15) is 11.6 Å². The van der Waals surface area contributed by atoms with Crippen molar-refractivity contribution in [2.45, 2.75) is 0 Å². The monoisotopic (exact) mass is 231 g/mol. The normalized spacial score (nSPS) is 9.76. The van der Waals surface area contributed by atoms with Gasteiger partial charge in [-0.1, -0.05) is 29.4 Å². The van der Waals surface area contributed by atoms with Gasteiger partial charge in [0, 0.05) is 22.2 Å². The molecule has 0 aliphatic heterocycles. The summed E-state index contributed by atoms with van der Waals surface area (Å²) in [4.78, 5) is 2.64. The zero-order chi connectivity index (χ0) is 12.3. The summed E-state index contributed by atoms with van der Waals surface area (Å²) in [7, 11) is 0. The van der Waals surface area contributed by atoms with E-state index in [2.05, 4.69) is 10.0 Å². The molecule has 0 saturated heterocycles. The van der Waals surface area contributed by atoms with Gasteiger partial charge in [0.15, 0.2) is 0 Å². The number of hydrogen-bond acceptors (Lipinski definition) is 1. The first kappa shape index (κ1) is 11.1. The quantitative estimate of drug-likeness (QED) is 0.413. The molecular formula is C12H7F2N3. The minimum atomic E-state index is -0.624. The molecule has 0 aromatic heterocycles. The van der Waals surface area contributed by atoms with Crippen LogP contribution in [0, 0.1) is 11.6 Å². The summed E-state index contributed by atoms with van der Waals surface area (Å²) in [5.41, 5.74) is 9.58. The van der Waals surface area contributed by atoms with Crippen LogP contribution < -0.4 is 0 Å². The van der Waals surface area contributed by atoms with E-state index in [0.29, 0.717) is 16.8 Å². The number of azide groups is 1. The highest BCUT2D eigenvalue weighted by atomic mass is 19.1. The zero-order valence-corrected chi connectivity index (χ0v) is 8.64. The zero-order valence-electron chi connectivity index (χ0n) is 8.64. The summed E-state index contributed by atoms with van der Waals surface area (Å²) in [6, 6.07) is 9.75. The lowest BCUT2D eigenvalue weighted by molar-refractivity contribution is 0.585. The second-order valence-electron chi connectivity index (χ2n) is 3.36. The Morgan fingerprint density at radius 2 is 1.71 bits per heavy atom. The lowest BCUT2D eigenvalue weighted by Gasteiger charge is -2.03. The van der Waals surface area contributed by atoms with Crippen LogP contribution in [0.2, 0.25) is 0 Å². The molecule has 0 spiro atoms. The minimum Gasteiger partial charge on any atom is -0.207 e. The molecule has 0 heterocycles. The molecular weight excluding hydrogens is 224 g/mol. The third kappa shape index (κ3) is 2.41. The van der Waals surface area contributed by atoms with Gasteiger partial charge in [-0.05, 0) is 23.2 Å². The van der Waals surface area contributed by atoms with E-state index in [4.69, 9.17) is 5.53 Å². The summed E-state index contributed by atoms with van der Waals surface area (Å²) < 4.78 is 26.2. The van der Waals surface area contributed by atoms with E-state index in [9.17, 15) is 8.78 Å². The van der Waals surface area contributed by atoms with Crippen LogP contribution in [0.25, 0.3) is 21.6 Å². The fraction of sp³-hybridized carbons (Fsp3) is 0. The molecule has 17 heavy (non-hydrogen) atoms. The third-order valence-corrected chi connectivity index (χ3v) is 2.27. The van der Waals surface area contributed by atoms with Crippen molar-refractivity contribution in [3.63, 3.8) is 0 Å². The van der Waals surface area contributed by atoms with Gasteiger partial charge in [0.2, 0.25) is 0 Å². The first-order valence-electron chi connectivity index (χ1n) is 4.81. The van der Waals surface area contributed by atoms with Crippen LogP contribution in [0.15, 0.2) is 47.6 Å².